The molecule has 0 spiro atoms. The van der Waals surface area contributed by atoms with Crippen LogP contribution in [0.2, 0.25) is 5.02 Å². The SMILES string of the molecule is CO/N=C(\C)c1ccc(Br)cc1F.CO/N=C(\C)c1ccc(F)cc1Cl. The molecule has 140 valence electrons. The monoisotopic (exact) mass is 446 g/mol. The van der Waals surface area contributed by atoms with E-state index in [-0.39, 0.29) is 11.6 Å². The van der Waals surface area contributed by atoms with Gasteiger partial charge in [-0.3, -0.25) is 0 Å². The maximum atomic E-state index is 13.3. The largest absolute Gasteiger partial charge is 0.399 e. The molecule has 0 unspecified atom stereocenters. The molecule has 8 heteroatoms. The smallest absolute Gasteiger partial charge is 0.133 e. The second-order valence-electron chi connectivity index (χ2n) is 4.97. The van der Waals surface area contributed by atoms with Crippen molar-refractivity contribution in [3.63, 3.8) is 0 Å². The average Bonchev–Trinajstić information content (AvgIpc) is 2.55. The van der Waals surface area contributed by atoms with Gasteiger partial charge in [0.05, 0.1) is 16.4 Å². The van der Waals surface area contributed by atoms with E-state index in [0.29, 0.717) is 32.0 Å². The first kappa shape index (κ1) is 22.1. The van der Waals surface area contributed by atoms with Crippen LogP contribution in [0.1, 0.15) is 25.0 Å². The molecule has 2 aromatic rings. The molecule has 4 nitrogen and oxygen atoms in total. The Kier molecular flexibility index (Phi) is 9.23. The van der Waals surface area contributed by atoms with E-state index in [4.69, 9.17) is 11.6 Å². The molecule has 0 aromatic heterocycles. The molecule has 0 saturated carbocycles. The molecular weight excluding hydrogens is 430 g/mol. The quantitative estimate of drug-likeness (QED) is 0.438. The third-order valence-electron chi connectivity index (χ3n) is 3.10. The molecule has 2 aromatic carbocycles. The summed E-state index contributed by atoms with van der Waals surface area (Å²) in [5.41, 5.74) is 2.26. The topological polar surface area (TPSA) is 43.2 Å². The Morgan fingerprint density at radius 3 is 1.96 bits per heavy atom. The van der Waals surface area contributed by atoms with Gasteiger partial charge in [0, 0.05) is 15.6 Å². The summed E-state index contributed by atoms with van der Waals surface area (Å²) in [7, 11) is 2.88. The molecule has 2 rings (SSSR count). The van der Waals surface area contributed by atoms with Crippen LogP contribution >= 0.6 is 27.5 Å². The Bertz CT molecular complexity index is 746. The molecule has 0 bridgehead atoms. The molecule has 26 heavy (non-hydrogen) atoms. The Hall–Kier alpha value is -1.99. The molecule has 0 N–H and O–H groups in total. The maximum absolute atomic E-state index is 13.3. The van der Waals surface area contributed by atoms with Crippen LogP contribution in [0.5, 0.6) is 0 Å². The van der Waals surface area contributed by atoms with E-state index in [1.54, 1.807) is 32.0 Å². The van der Waals surface area contributed by atoms with Crippen LogP contribution in [0, 0.1) is 11.6 Å². The predicted molar refractivity (Wildman–Crippen MR) is 104 cm³/mol. The summed E-state index contributed by atoms with van der Waals surface area (Å²) in [6, 6.07) is 8.94. The van der Waals surface area contributed by atoms with E-state index in [1.165, 1.54) is 32.4 Å². The second-order valence-corrected chi connectivity index (χ2v) is 6.29. The zero-order chi connectivity index (χ0) is 19.7. The molecule has 0 saturated heterocycles. The van der Waals surface area contributed by atoms with Crippen LogP contribution in [-0.4, -0.2) is 25.6 Å². The highest BCUT2D eigenvalue weighted by molar-refractivity contribution is 9.10. The number of nitrogens with zero attached hydrogens (tertiary/aromatic N) is 2. The number of oxime groups is 2. The molecular formula is C18H18BrClF2N2O2. The van der Waals surface area contributed by atoms with Crippen LogP contribution in [0.3, 0.4) is 0 Å². The van der Waals surface area contributed by atoms with Crippen molar-refractivity contribution in [3.05, 3.63) is 68.7 Å². The van der Waals surface area contributed by atoms with E-state index in [0.717, 1.165) is 0 Å². The number of benzene rings is 2. The van der Waals surface area contributed by atoms with Gasteiger partial charge in [-0.15, -0.1) is 0 Å². The van der Waals surface area contributed by atoms with Gasteiger partial charge in [-0.2, -0.15) is 0 Å². The summed E-state index contributed by atoms with van der Waals surface area (Å²) in [5, 5.41) is 7.67. The highest BCUT2D eigenvalue weighted by atomic mass is 79.9. The molecule has 0 amide bonds. The van der Waals surface area contributed by atoms with Crippen molar-refractivity contribution in [2.45, 2.75) is 13.8 Å². The zero-order valence-corrected chi connectivity index (χ0v) is 17.0. The van der Waals surface area contributed by atoms with Crippen molar-refractivity contribution in [2.24, 2.45) is 10.3 Å². The minimum Gasteiger partial charge on any atom is -0.399 e. The van der Waals surface area contributed by atoms with Gasteiger partial charge in [-0.1, -0.05) is 37.8 Å². The van der Waals surface area contributed by atoms with Gasteiger partial charge in [0.15, 0.2) is 0 Å². The van der Waals surface area contributed by atoms with Crippen molar-refractivity contribution in [3.8, 4) is 0 Å². The molecule has 0 atom stereocenters. The van der Waals surface area contributed by atoms with Gasteiger partial charge in [0.25, 0.3) is 0 Å². The summed E-state index contributed by atoms with van der Waals surface area (Å²) in [6.07, 6.45) is 0. The molecule has 0 aliphatic heterocycles. The summed E-state index contributed by atoms with van der Waals surface area (Å²) in [6.45, 7) is 3.43. The fourth-order valence-electron chi connectivity index (χ4n) is 1.94. The van der Waals surface area contributed by atoms with Crippen molar-refractivity contribution in [1.82, 2.24) is 0 Å². The van der Waals surface area contributed by atoms with Crippen LogP contribution in [0.4, 0.5) is 8.78 Å². The van der Waals surface area contributed by atoms with Crippen molar-refractivity contribution in [1.29, 1.82) is 0 Å². The summed E-state index contributed by atoms with van der Waals surface area (Å²) in [5.74, 6) is -0.674. The molecule has 0 fully saturated rings. The van der Waals surface area contributed by atoms with E-state index >= 15 is 0 Å². The lowest BCUT2D eigenvalue weighted by Gasteiger charge is -2.02. The van der Waals surface area contributed by atoms with Gasteiger partial charge >= 0.3 is 0 Å². The van der Waals surface area contributed by atoms with Crippen LogP contribution in [0.25, 0.3) is 0 Å². The minimum absolute atomic E-state index is 0.312. The fourth-order valence-corrected chi connectivity index (χ4v) is 2.58. The lowest BCUT2D eigenvalue weighted by molar-refractivity contribution is 0.213. The predicted octanol–water partition coefficient (Wildman–Crippen LogP) is 5.81. The first-order chi connectivity index (χ1) is 12.3. The summed E-state index contributed by atoms with van der Waals surface area (Å²) in [4.78, 5) is 9.13. The third-order valence-corrected chi connectivity index (χ3v) is 3.90. The molecule has 0 aliphatic carbocycles. The van der Waals surface area contributed by atoms with Gasteiger partial charge in [-0.05, 0) is 50.2 Å². The van der Waals surface area contributed by atoms with Crippen molar-refractivity contribution >= 4 is 39.0 Å². The molecule has 0 aliphatic rings. The van der Waals surface area contributed by atoms with Crippen LogP contribution < -0.4 is 0 Å². The lowest BCUT2D eigenvalue weighted by Crippen LogP contribution is -1.99. The third kappa shape index (κ3) is 6.72. The van der Waals surface area contributed by atoms with Crippen LogP contribution in [-0.2, 0) is 9.68 Å². The second kappa shape index (κ2) is 10.9. The van der Waals surface area contributed by atoms with Gasteiger partial charge in [0.1, 0.15) is 25.9 Å². The first-order valence-electron chi connectivity index (χ1n) is 7.36. The Labute approximate surface area is 164 Å². The number of hydrogen-bond donors (Lipinski definition) is 0. The van der Waals surface area contributed by atoms with Crippen LogP contribution in [0.15, 0.2) is 51.2 Å². The summed E-state index contributed by atoms with van der Waals surface area (Å²) < 4.78 is 26.6. The van der Waals surface area contributed by atoms with Gasteiger partial charge in [-0.25, -0.2) is 8.78 Å². The minimum atomic E-state index is -0.362. The van der Waals surface area contributed by atoms with E-state index < -0.39 is 0 Å². The number of rotatable bonds is 4. The van der Waals surface area contributed by atoms with Gasteiger partial charge in [0.2, 0.25) is 0 Å². The Balaban J connectivity index is 0.000000260. The fraction of sp³-hybridized carbons (Fsp3) is 0.222. The summed E-state index contributed by atoms with van der Waals surface area (Å²) >= 11 is 8.96. The normalized spacial score (nSPS) is 11.5. The molecule has 0 radical (unpaired) electrons. The average molecular weight is 448 g/mol. The van der Waals surface area contributed by atoms with Crippen molar-refractivity contribution < 1.29 is 18.5 Å². The van der Waals surface area contributed by atoms with E-state index in [9.17, 15) is 8.78 Å². The highest BCUT2D eigenvalue weighted by Gasteiger charge is 2.06. The lowest BCUT2D eigenvalue weighted by atomic mass is 10.1. The van der Waals surface area contributed by atoms with E-state index in [2.05, 4.69) is 35.9 Å². The van der Waals surface area contributed by atoms with E-state index in [1.807, 2.05) is 0 Å². The number of hydrogen-bond acceptors (Lipinski definition) is 4. The Morgan fingerprint density at radius 1 is 0.923 bits per heavy atom. The standard InChI is InChI=1S/C9H9BrFNO.C9H9ClFNO/c1-6(12-13-2)8-4-3-7(10)5-9(8)11;1-6(12-13-2)8-4-3-7(11)5-9(8)10/h2*3-5H,1-2H3/b2*12-6+. The number of halogens is 4. The zero-order valence-electron chi connectivity index (χ0n) is 14.7. The first-order valence-corrected chi connectivity index (χ1v) is 8.53. The highest BCUT2D eigenvalue weighted by Crippen LogP contribution is 2.18. The van der Waals surface area contributed by atoms with Crippen molar-refractivity contribution in [2.75, 3.05) is 14.2 Å². The van der Waals surface area contributed by atoms with Gasteiger partial charge < -0.3 is 9.68 Å². The Morgan fingerprint density at radius 2 is 1.46 bits per heavy atom. The molecule has 0 heterocycles. The maximum Gasteiger partial charge on any atom is 0.133 e.